The quantitative estimate of drug-likeness (QED) is 0.662. The van der Waals surface area contributed by atoms with Crippen LogP contribution >= 0.6 is 11.8 Å². The number of aliphatic hydroxyl groups excluding tert-OH is 1. The van der Waals surface area contributed by atoms with E-state index in [4.69, 9.17) is 10.8 Å². The minimum Gasteiger partial charge on any atom is -0.399 e. The largest absolute Gasteiger partial charge is 0.399 e. The predicted molar refractivity (Wildman–Crippen MR) is 77.7 cm³/mol. The van der Waals surface area contributed by atoms with E-state index in [1.807, 2.05) is 12.1 Å². The lowest BCUT2D eigenvalue weighted by atomic mass is 10.3. The lowest BCUT2D eigenvalue weighted by Crippen LogP contribution is -2.13. The molecular weight excluding hydrogens is 248 g/mol. The third-order valence-electron chi connectivity index (χ3n) is 2.44. The number of hydrogen-bond acceptors (Lipinski definition) is 4. The summed E-state index contributed by atoms with van der Waals surface area (Å²) >= 11 is 1.70. The number of carbonyl (C=O) groups is 1. The van der Waals surface area contributed by atoms with Crippen molar-refractivity contribution in [3.05, 3.63) is 24.3 Å². The molecule has 100 valence electrons. The Morgan fingerprint density at radius 1 is 1.56 bits per heavy atom. The topological polar surface area (TPSA) is 75.3 Å². The molecule has 0 fully saturated rings. The van der Waals surface area contributed by atoms with E-state index in [0.717, 1.165) is 17.9 Å². The molecule has 4 N–H and O–H groups in total. The zero-order valence-electron chi connectivity index (χ0n) is 10.6. The minimum atomic E-state index is -0.00991. The molecule has 4 nitrogen and oxygen atoms in total. The number of rotatable bonds is 7. The van der Waals surface area contributed by atoms with Crippen molar-refractivity contribution in [1.82, 2.24) is 0 Å². The Balaban J connectivity index is 2.25. The molecule has 0 saturated heterocycles. The number of anilines is 2. The summed E-state index contributed by atoms with van der Waals surface area (Å²) in [7, 11) is 0. The molecule has 0 aliphatic rings. The molecule has 1 aromatic rings. The maximum atomic E-state index is 11.6. The van der Waals surface area contributed by atoms with Crippen molar-refractivity contribution < 1.29 is 9.90 Å². The van der Waals surface area contributed by atoms with Gasteiger partial charge in [0.2, 0.25) is 5.91 Å². The van der Waals surface area contributed by atoms with Gasteiger partial charge in [-0.2, -0.15) is 11.8 Å². The van der Waals surface area contributed by atoms with E-state index in [-0.39, 0.29) is 12.5 Å². The third-order valence-corrected chi connectivity index (χ3v) is 3.68. The molecule has 0 aliphatic heterocycles. The monoisotopic (exact) mass is 268 g/mol. The van der Waals surface area contributed by atoms with Gasteiger partial charge >= 0.3 is 0 Å². The van der Waals surface area contributed by atoms with Gasteiger partial charge in [0.25, 0.3) is 0 Å². The average molecular weight is 268 g/mol. The number of nitrogens with one attached hydrogen (secondary N) is 1. The number of hydrogen-bond donors (Lipinski definition) is 3. The molecule has 1 unspecified atom stereocenters. The highest BCUT2D eigenvalue weighted by Gasteiger charge is 2.05. The average Bonchev–Trinajstić information content (AvgIpc) is 2.29. The highest BCUT2D eigenvalue weighted by Crippen LogP contribution is 2.16. The maximum absolute atomic E-state index is 11.6. The van der Waals surface area contributed by atoms with Crippen LogP contribution in [0.1, 0.15) is 19.8 Å². The molecule has 0 radical (unpaired) electrons. The van der Waals surface area contributed by atoms with Crippen LogP contribution in [0.15, 0.2) is 24.3 Å². The molecule has 0 saturated carbocycles. The highest BCUT2D eigenvalue weighted by molar-refractivity contribution is 7.99. The van der Waals surface area contributed by atoms with E-state index in [1.165, 1.54) is 0 Å². The van der Waals surface area contributed by atoms with Crippen molar-refractivity contribution in [2.24, 2.45) is 0 Å². The van der Waals surface area contributed by atoms with Crippen LogP contribution in [-0.2, 0) is 4.79 Å². The van der Waals surface area contributed by atoms with Crippen molar-refractivity contribution in [2.45, 2.75) is 25.0 Å². The standard InChI is InChI=1S/C13H20N2O2S/c1-10(5-7-16)18-8-6-13(17)15-12-4-2-3-11(14)9-12/h2-4,9-10,16H,5-8,14H2,1H3,(H,15,17). The molecule has 0 bridgehead atoms. The van der Waals surface area contributed by atoms with E-state index in [2.05, 4.69) is 12.2 Å². The SMILES string of the molecule is CC(CCO)SCCC(=O)Nc1cccc(N)c1. The van der Waals surface area contributed by atoms with Crippen LogP contribution in [0, 0.1) is 0 Å². The van der Waals surface area contributed by atoms with Gasteiger partial charge in [0.15, 0.2) is 0 Å². The number of thioether (sulfide) groups is 1. The molecule has 5 heteroatoms. The van der Waals surface area contributed by atoms with Crippen molar-refractivity contribution in [1.29, 1.82) is 0 Å². The van der Waals surface area contributed by atoms with Gasteiger partial charge in [0.05, 0.1) is 0 Å². The fourth-order valence-electron chi connectivity index (χ4n) is 1.46. The van der Waals surface area contributed by atoms with Crippen LogP contribution in [-0.4, -0.2) is 28.6 Å². The molecule has 0 aliphatic carbocycles. The summed E-state index contributed by atoms with van der Waals surface area (Å²) in [4.78, 5) is 11.6. The molecule has 0 aromatic heterocycles. The van der Waals surface area contributed by atoms with Crippen molar-refractivity contribution in [3.8, 4) is 0 Å². The number of nitrogen functional groups attached to an aromatic ring is 1. The van der Waals surface area contributed by atoms with Gasteiger partial charge in [0, 0.05) is 35.4 Å². The molecule has 1 aromatic carbocycles. The zero-order valence-corrected chi connectivity index (χ0v) is 11.4. The second-order valence-electron chi connectivity index (χ2n) is 4.12. The molecular formula is C13H20N2O2S. The summed E-state index contributed by atoms with van der Waals surface area (Å²) < 4.78 is 0. The molecule has 18 heavy (non-hydrogen) atoms. The lowest BCUT2D eigenvalue weighted by molar-refractivity contribution is -0.115. The Morgan fingerprint density at radius 2 is 2.33 bits per heavy atom. The first-order chi connectivity index (χ1) is 8.61. The van der Waals surface area contributed by atoms with Crippen LogP contribution in [0.3, 0.4) is 0 Å². The molecule has 1 atom stereocenters. The first kappa shape index (κ1) is 14.9. The Labute approximate surface area is 112 Å². The summed E-state index contributed by atoms with van der Waals surface area (Å²) in [6.07, 6.45) is 1.23. The smallest absolute Gasteiger partial charge is 0.225 e. The van der Waals surface area contributed by atoms with Gasteiger partial charge in [-0.3, -0.25) is 4.79 Å². The van der Waals surface area contributed by atoms with Crippen LogP contribution in [0.4, 0.5) is 11.4 Å². The zero-order chi connectivity index (χ0) is 13.4. The molecule has 1 amide bonds. The van der Waals surface area contributed by atoms with Gasteiger partial charge in [-0.1, -0.05) is 13.0 Å². The van der Waals surface area contributed by atoms with Crippen LogP contribution < -0.4 is 11.1 Å². The van der Waals surface area contributed by atoms with E-state index in [0.29, 0.717) is 17.4 Å². The summed E-state index contributed by atoms with van der Waals surface area (Å²) in [6.45, 7) is 2.25. The van der Waals surface area contributed by atoms with Crippen LogP contribution in [0.2, 0.25) is 0 Å². The highest BCUT2D eigenvalue weighted by atomic mass is 32.2. The lowest BCUT2D eigenvalue weighted by Gasteiger charge is -2.09. The van der Waals surface area contributed by atoms with E-state index >= 15 is 0 Å². The number of benzene rings is 1. The Hall–Kier alpha value is -1.20. The fraction of sp³-hybridized carbons (Fsp3) is 0.462. The minimum absolute atomic E-state index is 0.00991. The maximum Gasteiger partial charge on any atom is 0.225 e. The van der Waals surface area contributed by atoms with Gasteiger partial charge in [-0.05, 0) is 24.6 Å². The van der Waals surface area contributed by atoms with Crippen molar-refractivity contribution in [3.63, 3.8) is 0 Å². The van der Waals surface area contributed by atoms with Gasteiger partial charge in [0.1, 0.15) is 0 Å². The molecule has 1 rings (SSSR count). The first-order valence-corrected chi connectivity index (χ1v) is 7.04. The second kappa shape index (κ2) is 8.00. The van der Waals surface area contributed by atoms with E-state index in [9.17, 15) is 4.79 Å². The summed E-state index contributed by atoms with van der Waals surface area (Å²) in [6, 6.07) is 7.14. The van der Waals surface area contributed by atoms with Crippen LogP contribution in [0.25, 0.3) is 0 Å². The summed E-state index contributed by atoms with van der Waals surface area (Å²) in [5, 5.41) is 12.0. The second-order valence-corrected chi connectivity index (χ2v) is 5.66. The fourth-order valence-corrected chi connectivity index (χ4v) is 2.44. The first-order valence-electron chi connectivity index (χ1n) is 5.99. The Bertz CT molecular complexity index is 385. The van der Waals surface area contributed by atoms with E-state index < -0.39 is 0 Å². The Kier molecular flexibility index (Phi) is 6.60. The van der Waals surface area contributed by atoms with E-state index in [1.54, 1.807) is 23.9 Å². The molecule has 0 spiro atoms. The van der Waals surface area contributed by atoms with Crippen molar-refractivity contribution in [2.75, 3.05) is 23.4 Å². The molecule has 0 heterocycles. The number of aliphatic hydroxyl groups is 1. The normalized spacial score (nSPS) is 12.1. The number of amides is 1. The van der Waals surface area contributed by atoms with Gasteiger partial charge in [-0.25, -0.2) is 0 Å². The third kappa shape index (κ3) is 5.93. The summed E-state index contributed by atoms with van der Waals surface area (Å²) in [5.41, 5.74) is 7.00. The van der Waals surface area contributed by atoms with Crippen molar-refractivity contribution >= 4 is 29.0 Å². The number of carbonyl (C=O) groups excluding carboxylic acids is 1. The number of nitrogens with two attached hydrogens (primary N) is 1. The Morgan fingerprint density at radius 3 is 3.00 bits per heavy atom. The van der Waals surface area contributed by atoms with Crippen LogP contribution in [0.5, 0.6) is 0 Å². The van der Waals surface area contributed by atoms with Gasteiger partial charge < -0.3 is 16.2 Å². The van der Waals surface area contributed by atoms with Gasteiger partial charge in [-0.15, -0.1) is 0 Å². The summed E-state index contributed by atoms with van der Waals surface area (Å²) in [5.74, 6) is 0.749. The predicted octanol–water partition coefficient (Wildman–Crippen LogP) is 2.10.